The van der Waals surface area contributed by atoms with Gasteiger partial charge in [-0.15, -0.1) is 0 Å². The maximum Gasteiger partial charge on any atom is 0.323 e. The molecule has 0 saturated carbocycles. The van der Waals surface area contributed by atoms with E-state index >= 15 is 0 Å². The number of halogens is 1. The lowest BCUT2D eigenvalue weighted by atomic mass is 10.2. The molecule has 0 saturated heterocycles. The molecule has 2 aromatic carbocycles. The van der Waals surface area contributed by atoms with Gasteiger partial charge in [0.15, 0.2) is 9.84 Å². The highest BCUT2D eigenvalue weighted by Crippen LogP contribution is 2.23. The van der Waals surface area contributed by atoms with Gasteiger partial charge in [-0.1, -0.05) is 25.8 Å². The minimum Gasteiger partial charge on any atom is -0.480 e. The predicted octanol–water partition coefficient (Wildman–Crippen LogP) is 3.97. The van der Waals surface area contributed by atoms with E-state index in [0.717, 1.165) is 31.4 Å². The average Bonchev–Trinajstić information content (AvgIpc) is 2.98. The monoisotopic (exact) mass is 418 g/mol. The number of carbonyl (C=O) groups is 1. The summed E-state index contributed by atoms with van der Waals surface area (Å²) in [5.41, 5.74) is 1.79. The van der Waals surface area contributed by atoms with Crippen LogP contribution in [0.4, 0.5) is 4.39 Å². The number of fused-ring (bicyclic) bond motifs is 1. The maximum absolute atomic E-state index is 13.1. The summed E-state index contributed by atoms with van der Waals surface area (Å²) < 4.78 is 40.0. The molecule has 3 aromatic rings. The second kappa shape index (κ2) is 8.73. The first-order chi connectivity index (χ1) is 13.8. The highest BCUT2D eigenvalue weighted by Gasteiger charge is 2.18. The summed E-state index contributed by atoms with van der Waals surface area (Å²) in [6.07, 6.45) is 3.65. The summed E-state index contributed by atoms with van der Waals surface area (Å²) in [6.45, 7) is 1.90. The largest absolute Gasteiger partial charge is 0.480 e. The van der Waals surface area contributed by atoms with Crippen LogP contribution in [0.5, 0.6) is 0 Å². The number of unbranched alkanes of at least 4 members (excludes halogenated alkanes) is 2. The van der Waals surface area contributed by atoms with Gasteiger partial charge >= 0.3 is 5.97 Å². The minimum absolute atomic E-state index is 0.0515. The minimum atomic E-state index is -3.63. The van der Waals surface area contributed by atoms with Gasteiger partial charge in [0.2, 0.25) is 0 Å². The lowest BCUT2D eigenvalue weighted by Gasteiger charge is -2.07. The van der Waals surface area contributed by atoms with E-state index in [4.69, 9.17) is 0 Å². The van der Waals surface area contributed by atoms with Crippen molar-refractivity contribution in [2.75, 3.05) is 0 Å². The Morgan fingerprint density at radius 2 is 1.86 bits per heavy atom. The van der Waals surface area contributed by atoms with Crippen LogP contribution in [0.1, 0.15) is 37.6 Å². The van der Waals surface area contributed by atoms with E-state index in [2.05, 4.69) is 11.9 Å². The second-order valence-electron chi connectivity index (χ2n) is 7.00. The molecule has 1 aromatic heterocycles. The number of carboxylic acids is 1. The van der Waals surface area contributed by atoms with Crippen molar-refractivity contribution in [3.8, 4) is 0 Å². The van der Waals surface area contributed by atoms with E-state index in [9.17, 15) is 22.7 Å². The van der Waals surface area contributed by atoms with Gasteiger partial charge in [-0.05, 0) is 48.4 Å². The molecule has 0 spiro atoms. The molecule has 0 radical (unpaired) electrons. The fraction of sp³-hybridized carbons (Fsp3) is 0.333. The molecule has 154 valence electrons. The molecule has 6 nitrogen and oxygen atoms in total. The van der Waals surface area contributed by atoms with Crippen molar-refractivity contribution in [3.63, 3.8) is 0 Å². The number of aromatic nitrogens is 2. The number of rotatable bonds is 9. The van der Waals surface area contributed by atoms with Crippen LogP contribution in [0.2, 0.25) is 0 Å². The van der Waals surface area contributed by atoms with E-state index < -0.39 is 21.6 Å². The maximum atomic E-state index is 13.1. The highest BCUT2D eigenvalue weighted by atomic mass is 32.2. The third-order valence-electron chi connectivity index (χ3n) is 4.72. The topological polar surface area (TPSA) is 89.3 Å². The molecular weight excluding hydrogens is 395 g/mol. The van der Waals surface area contributed by atoms with Crippen molar-refractivity contribution in [2.24, 2.45) is 0 Å². The second-order valence-corrected chi connectivity index (χ2v) is 8.99. The Morgan fingerprint density at radius 1 is 1.14 bits per heavy atom. The Hall–Kier alpha value is -2.74. The molecule has 0 amide bonds. The molecule has 3 rings (SSSR count). The number of hydrogen-bond donors (Lipinski definition) is 1. The van der Waals surface area contributed by atoms with Crippen LogP contribution < -0.4 is 0 Å². The predicted molar refractivity (Wildman–Crippen MR) is 108 cm³/mol. The first-order valence-electron chi connectivity index (χ1n) is 9.48. The van der Waals surface area contributed by atoms with Gasteiger partial charge in [0.25, 0.3) is 0 Å². The van der Waals surface area contributed by atoms with Crippen molar-refractivity contribution in [3.05, 3.63) is 59.7 Å². The summed E-state index contributed by atoms with van der Waals surface area (Å²) in [7, 11) is -3.63. The molecule has 29 heavy (non-hydrogen) atoms. The standard InChI is InChI=1S/C21H23FN2O4S/c1-2-3-4-5-20-23-18-12-15(6-11-19(18)24(20)13-21(25)26)14-29(27,28)17-9-7-16(22)8-10-17/h6-12H,2-5,13-14H2,1H3,(H,25,26). The van der Waals surface area contributed by atoms with Crippen LogP contribution in [-0.4, -0.2) is 29.0 Å². The number of imidazole rings is 1. The fourth-order valence-electron chi connectivity index (χ4n) is 3.30. The van der Waals surface area contributed by atoms with Gasteiger partial charge in [0, 0.05) is 6.42 Å². The number of nitrogens with zero attached hydrogens (tertiary/aromatic N) is 2. The van der Waals surface area contributed by atoms with E-state index in [0.29, 0.717) is 28.8 Å². The highest BCUT2D eigenvalue weighted by molar-refractivity contribution is 7.90. The van der Waals surface area contributed by atoms with Gasteiger partial charge in [-0.25, -0.2) is 17.8 Å². The zero-order chi connectivity index (χ0) is 21.0. The van der Waals surface area contributed by atoms with Crippen molar-refractivity contribution in [2.45, 2.75) is 49.8 Å². The average molecular weight is 418 g/mol. The van der Waals surface area contributed by atoms with Crippen molar-refractivity contribution < 1.29 is 22.7 Å². The van der Waals surface area contributed by atoms with Crippen LogP contribution >= 0.6 is 0 Å². The molecular formula is C21H23FN2O4S. The number of aliphatic carboxylic acids is 1. The van der Waals surface area contributed by atoms with E-state index in [-0.39, 0.29) is 17.2 Å². The zero-order valence-corrected chi connectivity index (χ0v) is 17.0. The van der Waals surface area contributed by atoms with Gasteiger partial charge in [0.05, 0.1) is 21.7 Å². The number of sulfone groups is 1. The van der Waals surface area contributed by atoms with Crippen LogP contribution in [0.15, 0.2) is 47.4 Å². The molecule has 0 aliphatic rings. The van der Waals surface area contributed by atoms with Crippen LogP contribution in [0.25, 0.3) is 11.0 Å². The van der Waals surface area contributed by atoms with Crippen molar-refractivity contribution >= 4 is 26.8 Å². The van der Waals surface area contributed by atoms with Crippen molar-refractivity contribution in [1.29, 1.82) is 0 Å². The first-order valence-corrected chi connectivity index (χ1v) is 11.1. The number of benzene rings is 2. The molecule has 0 bridgehead atoms. The lowest BCUT2D eigenvalue weighted by Crippen LogP contribution is -2.12. The molecule has 0 fully saturated rings. The molecule has 0 aliphatic carbocycles. The smallest absolute Gasteiger partial charge is 0.323 e. The number of aryl methyl sites for hydroxylation is 1. The van der Waals surface area contributed by atoms with Crippen LogP contribution in [0, 0.1) is 5.82 Å². The van der Waals surface area contributed by atoms with Crippen molar-refractivity contribution in [1.82, 2.24) is 9.55 Å². The third-order valence-corrected chi connectivity index (χ3v) is 6.42. The van der Waals surface area contributed by atoms with Crippen LogP contribution in [0.3, 0.4) is 0 Å². The van der Waals surface area contributed by atoms with Gasteiger partial charge in [0.1, 0.15) is 18.2 Å². The Kier molecular flexibility index (Phi) is 6.32. The Balaban J connectivity index is 1.92. The number of hydrogen-bond acceptors (Lipinski definition) is 4. The first kappa shape index (κ1) is 21.0. The molecule has 1 N–H and O–H groups in total. The normalized spacial score (nSPS) is 11.8. The fourth-order valence-corrected chi connectivity index (χ4v) is 4.63. The quantitative estimate of drug-likeness (QED) is 0.420. The van der Waals surface area contributed by atoms with E-state index in [1.165, 1.54) is 12.1 Å². The lowest BCUT2D eigenvalue weighted by molar-refractivity contribution is -0.137. The summed E-state index contributed by atoms with van der Waals surface area (Å²) >= 11 is 0. The van der Waals surface area contributed by atoms with Crippen LogP contribution in [-0.2, 0) is 33.4 Å². The third kappa shape index (κ3) is 5.00. The molecule has 0 unspecified atom stereocenters. The Labute approximate surface area is 168 Å². The summed E-state index contributed by atoms with van der Waals surface area (Å²) in [5, 5.41) is 9.24. The molecule has 0 atom stereocenters. The SMILES string of the molecule is CCCCCc1nc2cc(CS(=O)(=O)c3ccc(F)cc3)ccc2n1CC(=O)O. The summed E-state index contributed by atoms with van der Waals surface area (Å²) in [5.74, 6) is -1.01. The Morgan fingerprint density at radius 3 is 2.52 bits per heavy atom. The van der Waals surface area contributed by atoms with Gasteiger partial charge < -0.3 is 9.67 Å². The van der Waals surface area contributed by atoms with Gasteiger partial charge in [-0.3, -0.25) is 4.79 Å². The molecule has 0 aliphatic heterocycles. The number of carboxylic acid groups (broad SMARTS) is 1. The Bertz CT molecular complexity index is 1120. The summed E-state index contributed by atoms with van der Waals surface area (Å²) in [6, 6.07) is 9.78. The van der Waals surface area contributed by atoms with E-state index in [1.807, 2.05) is 0 Å². The summed E-state index contributed by atoms with van der Waals surface area (Å²) in [4.78, 5) is 15.9. The zero-order valence-electron chi connectivity index (χ0n) is 16.1. The molecule has 8 heteroatoms. The molecule has 1 heterocycles. The van der Waals surface area contributed by atoms with Gasteiger partial charge in [-0.2, -0.15) is 0 Å². The van der Waals surface area contributed by atoms with E-state index in [1.54, 1.807) is 22.8 Å².